The van der Waals surface area contributed by atoms with Gasteiger partial charge in [-0.25, -0.2) is 0 Å². The van der Waals surface area contributed by atoms with Crippen molar-refractivity contribution in [1.82, 2.24) is 21.0 Å². The summed E-state index contributed by atoms with van der Waals surface area (Å²) >= 11 is 0. The quantitative estimate of drug-likeness (QED) is 0.335. The molecule has 2 aliphatic carbocycles. The minimum absolute atomic E-state index is 0.0943. The summed E-state index contributed by atoms with van der Waals surface area (Å²) < 4.78 is 0. The van der Waals surface area contributed by atoms with Crippen LogP contribution in [0.25, 0.3) is 10.9 Å². The molecule has 2 unspecified atom stereocenters. The minimum atomic E-state index is -1.13. The Morgan fingerprint density at radius 2 is 1.87 bits per heavy atom. The maximum absolute atomic E-state index is 10.1. The zero-order valence-corrected chi connectivity index (χ0v) is 22.3. The Balaban J connectivity index is 1.46. The average Bonchev–Trinajstić information content (AvgIpc) is 3.57. The van der Waals surface area contributed by atoms with Crippen molar-refractivity contribution in [2.24, 2.45) is 5.41 Å². The lowest BCUT2D eigenvalue weighted by Crippen LogP contribution is -2.45. The lowest BCUT2D eigenvalue weighted by molar-refractivity contribution is 0.260. The molecular weight excluding hydrogens is 483 g/mol. The Morgan fingerprint density at radius 3 is 2.54 bits per heavy atom. The number of hydrazine groups is 2. The van der Waals surface area contributed by atoms with Gasteiger partial charge in [-0.1, -0.05) is 50.6 Å². The monoisotopic (exact) mass is 514 g/mol. The molecule has 2 aromatic carbocycles. The molecule has 1 aliphatic heterocycles. The number of nitrogens with one attached hydrogen (secondary N) is 4. The molecule has 0 amide bonds. The van der Waals surface area contributed by atoms with E-state index >= 15 is 0 Å². The molecule has 3 aromatic rings. The highest BCUT2D eigenvalue weighted by Crippen LogP contribution is 2.42. The fourth-order valence-electron chi connectivity index (χ4n) is 5.77. The molecule has 0 bridgehead atoms. The fourth-order valence-corrected chi connectivity index (χ4v) is 5.77. The van der Waals surface area contributed by atoms with Crippen LogP contribution < -0.4 is 21.6 Å². The van der Waals surface area contributed by atoms with E-state index in [1.807, 2.05) is 42.6 Å². The summed E-state index contributed by atoms with van der Waals surface area (Å²) in [6, 6.07) is 18.8. The van der Waals surface area contributed by atoms with Gasteiger partial charge in [0, 0.05) is 35.6 Å². The number of anilines is 2. The van der Waals surface area contributed by atoms with Crippen LogP contribution in [-0.2, 0) is 5.44 Å². The van der Waals surface area contributed by atoms with E-state index in [0.29, 0.717) is 34.1 Å². The van der Waals surface area contributed by atoms with Gasteiger partial charge < -0.3 is 16.1 Å². The second-order valence-corrected chi connectivity index (χ2v) is 11.5. The van der Waals surface area contributed by atoms with Crippen LogP contribution in [0.5, 0.6) is 0 Å². The Morgan fingerprint density at radius 1 is 1.10 bits per heavy atom. The van der Waals surface area contributed by atoms with E-state index in [4.69, 9.17) is 7.85 Å². The Hall–Kier alpha value is -4.21. The summed E-state index contributed by atoms with van der Waals surface area (Å²) in [5, 5.41) is 30.0. The van der Waals surface area contributed by atoms with Crippen LogP contribution >= 0.6 is 0 Å². The van der Waals surface area contributed by atoms with Gasteiger partial charge in [-0.05, 0) is 48.8 Å². The number of fused-ring (bicyclic) bond motifs is 1. The summed E-state index contributed by atoms with van der Waals surface area (Å²) in [6.07, 6.45) is 9.10. The second kappa shape index (κ2) is 9.52. The molecule has 2 radical (unpaired) electrons. The predicted octanol–water partition coefficient (Wildman–Crippen LogP) is 4.73. The fraction of sp³-hybridized carbons (Fsp3) is 0.367. The van der Waals surface area contributed by atoms with Gasteiger partial charge in [0.1, 0.15) is 20.0 Å². The van der Waals surface area contributed by atoms with Crippen molar-refractivity contribution in [1.29, 1.82) is 10.5 Å². The molecule has 1 aromatic heterocycles. The molecule has 4 N–H and O–H groups in total. The van der Waals surface area contributed by atoms with Crippen molar-refractivity contribution >= 4 is 30.1 Å². The van der Waals surface area contributed by atoms with Gasteiger partial charge in [0.2, 0.25) is 0 Å². The van der Waals surface area contributed by atoms with Gasteiger partial charge in [-0.2, -0.15) is 10.5 Å². The van der Waals surface area contributed by atoms with Crippen LogP contribution in [0.4, 0.5) is 11.4 Å². The molecule has 194 valence electrons. The lowest BCUT2D eigenvalue weighted by Gasteiger charge is -2.34. The van der Waals surface area contributed by atoms with E-state index in [0.717, 1.165) is 48.8 Å². The Kier molecular flexibility index (Phi) is 6.12. The molecule has 0 spiro atoms. The highest BCUT2D eigenvalue weighted by atomic mass is 15.7. The van der Waals surface area contributed by atoms with E-state index in [9.17, 15) is 10.5 Å². The van der Waals surface area contributed by atoms with Crippen LogP contribution in [0.3, 0.4) is 0 Å². The predicted molar refractivity (Wildman–Crippen MR) is 153 cm³/mol. The first-order valence-electron chi connectivity index (χ1n) is 13.5. The van der Waals surface area contributed by atoms with E-state index < -0.39 is 5.44 Å². The number of aromatic nitrogens is 1. The first kappa shape index (κ1) is 25.1. The van der Waals surface area contributed by atoms with Crippen molar-refractivity contribution < 1.29 is 0 Å². The van der Waals surface area contributed by atoms with E-state index in [-0.39, 0.29) is 11.5 Å². The summed E-state index contributed by atoms with van der Waals surface area (Å²) in [5.41, 5.74) is 9.85. The maximum atomic E-state index is 10.1. The van der Waals surface area contributed by atoms with Gasteiger partial charge in [-0.3, -0.25) is 9.99 Å². The standard InChI is InChI=1S/C30H31BN8/c1-29(2)12-6-9-25(29)35-28-20(16-33)17-34-27-19(15-32)13-22(14-24(27)28)36-30(31,21-7-4-3-5-8-21)26-18-39(38-37-26)23-10-11-23/h3-5,7-8,13-14,17-18,23,25,36-38H,6,9-12H2,1-2H3,(H,34,35). The largest absolute Gasteiger partial charge is 0.380 e. The zero-order chi connectivity index (χ0) is 27.2. The summed E-state index contributed by atoms with van der Waals surface area (Å²) in [5.74, 6) is 0. The Labute approximate surface area is 230 Å². The molecule has 0 saturated heterocycles. The summed E-state index contributed by atoms with van der Waals surface area (Å²) in [7, 11) is 7.16. The lowest BCUT2D eigenvalue weighted by atomic mass is 9.69. The molecule has 3 aliphatic rings. The van der Waals surface area contributed by atoms with Gasteiger partial charge in [0.25, 0.3) is 0 Å². The van der Waals surface area contributed by atoms with Crippen molar-refractivity contribution in [2.45, 2.75) is 63.5 Å². The normalized spacial score (nSPS) is 21.4. The SMILES string of the molecule is [B]C(Nc1cc(C#N)c2ncc(C#N)c(NC3CCCC3(C)C)c2c1)(C1=CN(C2CC2)NN1)c1ccccc1. The zero-order valence-electron chi connectivity index (χ0n) is 22.3. The van der Waals surface area contributed by atoms with Crippen LogP contribution in [0, 0.1) is 28.1 Å². The topological polar surface area (TPSA) is 112 Å². The first-order valence-corrected chi connectivity index (χ1v) is 13.5. The molecule has 2 fully saturated rings. The number of benzene rings is 2. The van der Waals surface area contributed by atoms with E-state index in [2.05, 4.69) is 57.6 Å². The van der Waals surface area contributed by atoms with Crippen LogP contribution in [0.1, 0.15) is 62.6 Å². The Bertz CT molecular complexity index is 1530. The maximum Gasteiger partial charge on any atom is 0.119 e. The number of hydrogen-bond acceptors (Lipinski definition) is 8. The number of pyridine rings is 1. The molecule has 2 heterocycles. The second-order valence-electron chi connectivity index (χ2n) is 11.5. The van der Waals surface area contributed by atoms with Crippen molar-refractivity contribution in [3.63, 3.8) is 0 Å². The van der Waals surface area contributed by atoms with E-state index in [1.165, 1.54) is 0 Å². The molecule has 39 heavy (non-hydrogen) atoms. The highest BCUT2D eigenvalue weighted by Gasteiger charge is 2.38. The number of nitriles is 2. The molecule has 2 saturated carbocycles. The summed E-state index contributed by atoms with van der Waals surface area (Å²) in [4.78, 5) is 4.52. The third-order valence-corrected chi connectivity index (χ3v) is 8.31. The van der Waals surface area contributed by atoms with Gasteiger partial charge >= 0.3 is 0 Å². The number of rotatable bonds is 7. The summed E-state index contributed by atoms with van der Waals surface area (Å²) in [6.45, 7) is 4.51. The third-order valence-electron chi connectivity index (χ3n) is 8.31. The minimum Gasteiger partial charge on any atom is -0.380 e. The smallest absolute Gasteiger partial charge is 0.119 e. The number of nitrogens with zero attached hydrogens (tertiary/aromatic N) is 4. The van der Waals surface area contributed by atoms with Crippen molar-refractivity contribution in [2.75, 3.05) is 10.6 Å². The average molecular weight is 514 g/mol. The van der Waals surface area contributed by atoms with Crippen LogP contribution in [0.15, 0.2) is 60.6 Å². The molecule has 2 atom stereocenters. The van der Waals surface area contributed by atoms with Crippen LogP contribution in [-0.4, -0.2) is 29.9 Å². The van der Waals surface area contributed by atoms with Crippen molar-refractivity contribution in [3.8, 4) is 12.1 Å². The van der Waals surface area contributed by atoms with Crippen molar-refractivity contribution in [3.05, 3.63) is 77.2 Å². The van der Waals surface area contributed by atoms with Gasteiger partial charge in [0.15, 0.2) is 0 Å². The van der Waals surface area contributed by atoms with Gasteiger partial charge in [-0.15, -0.1) is 5.53 Å². The molecular formula is C30H31BN8. The highest BCUT2D eigenvalue weighted by molar-refractivity contribution is 6.19. The molecule has 9 heteroatoms. The molecule has 6 rings (SSSR count). The van der Waals surface area contributed by atoms with Crippen LogP contribution in [0.2, 0.25) is 0 Å². The first-order chi connectivity index (χ1) is 18.8. The third kappa shape index (κ3) is 4.54. The van der Waals surface area contributed by atoms with Gasteiger partial charge in [0.05, 0.1) is 33.5 Å². The van der Waals surface area contributed by atoms with E-state index in [1.54, 1.807) is 12.3 Å². The molecule has 8 nitrogen and oxygen atoms in total. The number of hydrogen-bond donors (Lipinski definition) is 4.